The maximum absolute atomic E-state index is 13.5. The zero-order valence-corrected chi connectivity index (χ0v) is 22.6. The largest absolute Gasteiger partial charge is 0.505 e. The first kappa shape index (κ1) is 28.0. The minimum Gasteiger partial charge on any atom is -0.505 e. The Morgan fingerprint density at radius 2 is 1.18 bits per heavy atom. The summed E-state index contributed by atoms with van der Waals surface area (Å²) in [5.41, 5.74) is 0.564. The predicted octanol–water partition coefficient (Wildman–Crippen LogP) is 1.86. The number of aromatic nitrogens is 7. The van der Waals surface area contributed by atoms with E-state index in [4.69, 9.17) is 4.74 Å². The third-order valence-electron chi connectivity index (χ3n) is 6.87. The van der Waals surface area contributed by atoms with Crippen LogP contribution in [0.4, 0.5) is 0 Å². The number of pyridine rings is 1. The summed E-state index contributed by atoms with van der Waals surface area (Å²) < 4.78 is 7.73. The van der Waals surface area contributed by atoms with Crippen LogP contribution in [0.15, 0.2) is 60.9 Å². The van der Waals surface area contributed by atoms with Gasteiger partial charge in [-0.25, -0.2) is 23.9 Å². The van der Waals surface area contributed by atoms with E-state index in [9.17, 15) is 34.8 Å². The number of hydrogen-bond acceptors (Lipinski definition) is 11. The van der Waals surface area contributed by atoms with E-state index in [2.05, 4.69) is 25.6 Å². The molecule has 1 saturated heterocycles. The average molecular weight is 599 g/mol. The van der Waals surface area contributed by atoms with Gasteiger partial charge in [-0.2, -0.15) is 0 Å². The van der Waals surface area contributed by atoms with E-state index in [1.807, 2.05) is 0 Å². The number of carbonyl (C=O) groups excluding carboxylic acids is 1. The van der Waals surface area contributed by atoms with E-state index < -0.39 is 23.4 Å². The van der Waals surface area contributed by atoms with Gasteiger partial charge in [0.05, 0.1) is 37.0 Å². The molecule has 5 aromatic rings. The Labute approximate surface area is 247 Å². The molecule has 1 aliphatic heterocycles. The molecule has 2 aromatic carbocycles. The van der Waals surface area contributed by atoms with Crippen LogP contribution in [-0.4, -0.2) is 104 Å². The molecule has 222 valence electrons. The number of rotatable bonds is 7. The first-order valence-electron chi connectivity index (χ1n) is 13.1. The second-order valence-electron chi connectivity index (χ2n) is 9.58. The van der Waals surface area contributed by atoms with Crippen LogP contribution in [0.2, 0.25) is 0 Å². The van der Waals surface area contributed by atoms with Crippen LogP contribution in [0.5, 0.6) is 11.5 Å². The Bertz CT molecular complexity index is 1810. The van der Waals surface area contributed by atoms with Crippen molar-refractivity contribution in [1.29, 1.82) is 0 Å². The summed E-state index contributed by atoms with van der Waals surface area (Å²) in [4.78, 5) is 42.7. The molecule has 1 aliphatic rings. The van der Waals surface area contributed by atoms with Crippen molar-refractivity contribution in [2.45, 2.75) is 0 Å². The molecule has 16 heteroatoms. The van der Waals surface area contributed by atoms with Crippen molar-refractivity contribution >= 4 is 17.8 Å². The summed E-state index contributed by atoms with van der Waals surface area (Å²) in [5, 5.41) is 56.0. The van der Waals surface area contributed by atoms with Gasteiger partial charge in [-0.05, 0) is 36.4 Å². The molecule has 3 aromatic heterocycles. The van der Waals surface area contributed by atoms with Crippen LogP contribution < -0.4 is 0 Å². The minimum atomic E-state index is -1.32. The fourth-order valence-electron chi connectivity index (χ4n) is 4.64. The third-order valence-corrected chi connectivity index (χ3v) is 6.87. The number of aromatic hydroxyl groups is 2. The van der Waals surface area contributed by atoms with Crippen LogP contribution in [-0.2, 0) is 4.74 Å². The number of ether oxygens (including phenoxy) is 1. The monoisotopic (exact) mass is 598 g/mol. The molecule has 44 heavy (non-hydrogen) atoms. The van der Waals surface area contributed by atoms with Gasteiger partial charge >= 0.3 is 11.9 Å². The molecule has 16 nitrogen and oxygen atoms in total. The van der Waals surface area contributed by atoms with Gasteiger partial charge in [0.2, 0.25) is 0 Å². The number of carbonyl (C=O) groups is 3. The second-order valence-corrected chi connectivity index (χ2v) is 9.58. The van der Waals surface area contributed by atoms with Crippen molar-refractivity contribution in [2.24, 2.45) is 0 Å². The van der Waals surface area contributed by atoms with E-state index >= 15 is 0 Å². The Balaban J connectivity index is 1.43. The average Bonchev–Trinajstić information content (AvgIpc) is 3.72. The first-order chi connectivity index (χ1) is 21.2. The molecule has 4 N–H and O–H groups in total. The number of para-hydroxylation sites is 2. The number of aromatic carboxylic acids is 2. The number of nitrogens with zero attached hydrogens (tertiary/aromatic N) is 8. The van der Waals surface area contributed by atoms with E-state index in [0.29, 0.717) is 26.3 Å². The fourth-order valence-corrected chi connectivity index (χ4v) is 4.64. The second kappa shape index (κ2) is 11.3. The lowest BCUT2D eigenvalue weighted by molar-refractivity contribution is 0.0303. The Kier molecular flexibility index (Phi) is 7.16. The summed E-state index contributed by atoms with van der Waals surface area (Å²) in [7, 11) is 0. The fraction of sp³-hybridized carbons (Fsp3) is 0.143. The van der Waals surface area contributed by atoms with E-state index in [-0.39, 0.29) is 56.7 Å². The molecular formula is C28H22N8O8. The lowest BCUT2D eigenvalue weighted by Gasteiger charge is -2.27. The van der Waals surface area contributed by atoms with Gasteiger partial charge in [-0.3, -0.25) is 4.79 Å². The highest BCUT2D eigenvalue weighted by atomic mass is 16.5. The molecule has 0 atom stereocenters. The zero-order chi connectivity index (χ0) is 31.0. The van der Waals surface area contributed by atoms with Gasteiger partial charge in [-0.1, -0.05) is 22.6 Å². The Morgan fingerprint density at radius 1 is 0.705 bits per heavy atom. The van der Waals surface area contributed by atoms with E-state index in [1.54, 1.807) is 4.90 Å². The van der Waals surface area contributed by atoms with Crippen molar-refractivity contribution in [2.75, 3.05) is 26.3 Å². The Hall–Kier alpha value is -6.16. The van der Waals surface area contributed by atoms with Crippen LogP contribution in [0.1, 0.15) is 31.1 Å². The maximum atomic E-state index is 13.5. The molecule has 1 amide bonds. The normalized spacial score (nSPS) is 13.1. The zero-order valence-electron chi connectivity index (χ0n) is 22.6. The van der Waals surface area contributed by atoms with Crippen LogP contribution in [0.25, 0.3) is 34.2 Å². The molecule has 0 bridgehead atoms. The molecule has 0 radical (unpaired) electrons. The highest BCUT2D eigenvalue weighted by Gasteiger charge is 2.23. The van der Waals surface area contributed by atoms with Crippen molar-refractivity contribution in [3.8, 4) is 45.6 Å². The van der Waals surface area contributed by atoms with Gasteiger partial charge in [0.25, 0.3) is 5.91 Å². The third kappa shape index (κ3) is 5.16. The van der Waals surface area contributed by atoms with Gasteiger partial charge in [-0.15, -0.1) is 10.2 Å². The van der Waals surface area contributed by atoms with Crippen molar-refractivity contribution in [1.82, 2.24) is 39.9 Å². The Morgan fingerprint density at radius 3 is 1.64 bits per heavy atom. The number of morpholine rings is 1. The number of hydrogen-bond donors (Lipinski definition) is 4. The molecule has 4 heterocycles. The quantitative estimate of drug-likeness (QED) is 0.210. The molecule has 0 unspecified atom stereocenters. The van der Waals surface area contributed by atoms with Crippen LogP contribution in [0.3, 0.4) is 0 Å². The van der Waals surface area contributed by atoms with Gasteiger partial charge in [0.15, 0.2) is 11.5 Å². The maximum Gasteiger partial charge on any atom is 0.339 e. The molecule has 0 saturated carbocycles. The van der Waals surface area contributed by atoms with E-state index in [0.717, 1.165) is 0 Å². The van der Waals surface area contributed by atoms with Crippen molar-refractivity contribution in [3.05, 3.63) is 77.6 Å². The summed E-state index contributed by atoms with van der Waals surface area (Å²) in [5.74, 6) is -3.94. The highest BCUT2D eigenvalue weighted by Crippen LogP contribution is 2.30. The van der Waals surface area contributed by atoms with E-state index in [1.165, 1.54) is 70.3 Å². The molecule has 0 aliphatic carbocycles. The van der Waals surface area contributed by atoms with Crippen molar-refractivity contribution < 1.29 is 39.5 Å². The summed E-state index contributed by atoms with van der Waals surface area (Å²) in [6.07, 6.45) is 2.84. The number of amides is 1. The van der Waals surface area contributed by atoms with Gasteiger partial charge < -0.3 is 30.1 Å². The lowest BCUT2D eigenvalue weighted by Crippen LogP contribution is -2.40. The number of benzene rings is 2. The smallest absolute Gasteiger partial charge is 0.339 e. The minimum absolute atomic E-state index is 0.0655. The van der Waals surface area contributed by atoms with Crippen LogP contribution in [0, 0.1) is 0 Å². The first-order valence-corrected chi connectivity index (χ1v) is 13.1. The molecular weight excluding hydrogens is 576 g/mol. The van der Waals surface area contributed by atoms with Gasteiger partial charge in [0.1, 0.15) is 33.9 Å². The lowest BCUT2D eigenvalue weighted by atomic mass is 10.1. The predicted molar refractivity (Wildman–Crippen MR) is 149 cm³/mol. The van der Waals surface area contributed by atoms with Gasteiger partial charge in [0, 0.05) is 18.7 Å². The number of carboxylic acid groups (broad SMARTS) is 2. The number of carboxylic acids is 2. The highest BCUT2D eigenvalue weighted by molar-refractivity contribution is 5.96. The molecule has 6 rings (SSSR count). The van der Waals surface area contributed by atoms with Crippen molar-refractivity contribution in [3.63, 3.8) is 0 Å². The topological polar surface area (TPSA) is 219 Å². The summed E-state index contributed by atoms with van der Waals surface area (Å²) >= 11 is 0. The molecule has 1 fully saturated rings. The summed E-state index contributed by atoms with van der Waals surface area (Å²) in [6.45, 7) is 1.54. The molecule has 0 spiro atoms. The van der Waals surface area contributed by atoms with Crippen LogP contribution >= 0.6 is 0 Å². The number of phenols is 2. The SMILES string of the molecule is O=C(O)c1cccc(-n2cc(-c3cc(C(=O)N4CCOCC4)cc(-c4cn(-c5cccc(C(=O)O)c5O)nn4)n3)nn2)c1O. The summed E-state index contributed by atoms with van der Waals surface area (Å²) in [6, 6.07) is 11.4. The standard InChI is InChI=1S/C28H22N8O8/c37-24-16(27(40)41)3-1-5-22(24)35-13-20(30-32-35)18-11-15(26(39)34-7-9-44-10-8-34)12-19(29-18)21-14-36(33-31-21)23-6-2-4-17(25(23)38)28(42)43/h1-6,11-14,37-38H,7-10H2,(H,40,41)(H,42,43).